The van der Waals surface area contributed by atoms with E-state index in [4.69, 9.17) is 4.74 Å². The Labute approximate surface area is 182 Å². The summed E-state index contributed by atoms with van der Waals surface area (Å²) in [5, 5.41) is 9.18. The lowest BCUT2D eigenvalue weighted by molar-refractivity contribution is -0.139. The fraction of sp³-hybridized carbons (Fsp3) is 0.304. The molecule has 2 rings (SSSR count). The zero-order chi connectivity index (χ0) is 22.8. The maximum atomic E-state index is 12.3. The van der Waals surface area contributed by atoms with E-state index in [1.54, 1.807) is 31.2 Å². The Balaban J connectivity index is 1.92. The number of anilines is 1. The highest BCUT2D eigenvalue weighted by Crippen LogP contribution is 2.18. The fourth-order valence-electron chi connectivity index (χ4n) is 2.60. The molecular weight excluding hydrogens is 396 g/mol. The van der Waals surface area contributed by atoms with Crippen molar-refractivity contribution >= 4 is 29.6 Å². The van der Waals surface area contributed by atoms with E-state index in [1.165, 1.54) is 6.21 Å². The third-order valence-corrected chi connectivity index (χ3v) is 4.50. The lowest BCUT2D eigenvalue weighted by atomic mass is 10.1. The summed E-state index contributed by atoms with van der Waals surface area (Å²) < 4.78 is 5.61. The molecular formula is C23H28N4O4. The number of benzene rings is 2. The van der Waals surface area contributed by atoms with E-state index in [9.17, 15) is 14.4 Å². The summed E-state index contributed by atoms with van der Waals surface area (Å²) in [5.41, 5.74) is 5.54. The smallest absolute Gasteiger partial charge is 0.329 e. The molecule has 0 bridgehead atoms. The van der Waals surface area contributed by atoms with Crippen LogP contribution in [0.5, 0.6) is 5.75 Å². The molecule has 1 atom stereocenters. The van der Waals surface area contributed by atoms with Gasteiger partial charge >= 0.3 is 11.8 Å². The first kappa shape index (κ1) is 23.6. The molecule has 0 aliphatic heterocycles. The number of aryl methyl sites for hydroxylation is 2. The van der Waals surface area contributed by atoms with Crippen molar-refractivity contribution in [1.82, 2.24) is 10.7 Å². The van der Waals surface area contributed by atoms with Gasteiger partial charge in [0.1, 0.15) is 5.75 Å². The topological polar surface area (TPSA) is 109 Å². The minimum Gasteiger partial charge on any atom is -0.483 e. The van der Waals surface area contributed by atoms with Gasteiger partial charge in [-0.25, -0.2) is 5.43 Å². The number of amides is 3. The molecule has 0 aliphatic carbocycles. The molecule has 31 heavy (non-hydrogen) atoms. The maximum Gasteiger partial charge on any atom is 0.329 e. The van der Waals surface area contributed by atoms with E-state index in [2.05, 4.69) is 21.2 Å². The second kappa shape index (κ2) is 11.5. The number of carbonyl (C=O) groups excluding carboxylic acids is 3. The molecule has 3 amide bonds. The normalized spacial score (nSPS) is 11.6. The number of carbonyl (C=O) groups is 3. The quantitative estimate of drug-likeness (QED) is 0.344. The molecule has 0 unspecified atom stereocenters. The predicted molar refractivity (Wildman–Crippen MR) is 120 cm³/mol. The summed E-state index contributed by atoms with van der Waals surface area (Å²) in [7, 11) is 0. The van der Waals surface area contributed by atoms with Crippen LogP contribution in [-0.2, 0) is 14.4 Å². The number of nitrogens with zero attached hydrogens (tertiary/aromatic N) is 1. The van der Waals surface area contributed by atoms with Crippen molar-refractivity contribution in [3.8, 4) is 5.75 Å². The van der Waals surface area contributed by atoms with Crippen LogP contribution in [0.1, 0.15) is 37.0 Å². The largest absolute Gasteiger partial charge is 0.483 e. The van der Waals surface area contributed by atoms with E-state index in [0.717, 1.165) is 16.8 Å². The number of hydrazone groups is 1. The maximum absolute atomic E-state index is 12.3. The van der Waals surface area contributed by atoms with E-state index < -0.39 is 11.8 Å². The average Bonchev–Trinajstić information content (AvgIpc) is 2.74. The van der Waals surface area contributed by atoms with Crippen LogP contribution in [0.25, 0.3) is 0 Å². The number of para-hydroxylation sites is 1. The van der Waals surface area contributed by atoms with Gasteiger partial charge in [0.05, 0.1) is 6.21 Å². The van der Waals surface area contributed by atoms with E-state index in [0.29, 0.717) is 17.7 Å². The lowest BCUT2D eigenvalue weighted by Gasteiger charge is -2.11. The summed E-state index contributed by atoms with van der Waals surface area (Å²) >= 11 is 0. The predicted octanol–water partition coefficient (Wildman–Crippen LogP) is 2.69. The molecule has 0 heterocycles. The molecule has 0 aromatic heterocycles. The number of rotatable bonds is 8. The van der Waals surface area contributed by atoms with Crippen molar-refractivity contribution < 1.29 is 19.1 Å². The van der Waals surface area contributed by atoms with Crippen LogP contribution in [0.2, 0.25) is 0 Å². The average molecular weight is 425 g/mol. The van der Waals surface area contributed by atoms with Gasteiger partial charge in [0, 0.05) is 17.3 Å². The van der Waals surface area contributed by atoms with Gasteiger partial charge in [-0.1, -0.05) is 36.8 Å². The van der Waals surface area contributed by atoms with Crippen LogP contribution in [0.4, 0.5) is 5.69 Å². The Kier molecular flexibility index (Phi) is 8.75. The molecule has 0 spiro atoms. The van der Waals surface area contributed by atoms with Gasteiger partial charge in [-0.2, -0.15) is 5.10 Å². The zero-order valence-electron chi connectivity index (χ0n) is 18.2. The molecule has 0 radical (unpaired) electrons. The minimum absolute atomic E-state index is 0.105. The van der Waals surface area contributed by atoms with Crippen LogP contribution in [0, 0.1) is 13.8 Å². The van der Waals surface area contributed by atoms with Gasteiger partial charge in [0.2, 0.25) is 0 Å². The minimum atomic E-state index is -0.859. The molecule has 8 heteroatoms. The molecule has 0 saturated carbocycles. The van der Waals surface area contributed by atoms with Crippen molar-refractivity contribution in [1.29, 1.82) is 0 Å². The van der Waals surface area contributed by atoms with Gasteiger partial charge < -0.3 is 15.4 Å². The van der Waals surface area contributed by atoms with Crippen molar-refractivity contribution in [3.63, 3.8) is 0 Å². The molecule has 164 valence electrons. The molecule has 0 aliphatic rings. The van der Waals surface area contributed by atoms with Crippen LogP contribution in [0.3, 0.4) is 0 Å². The SMILES string of the molecule is CC[C@@H](C)NC(=O)C(=O)N/N=C\c1ccccc1OCC(=O)Nc1ccc(C)cc1C. The number of ether oxygens (including phenoxy) is 1. The van der Waals surface area contributed by atoms with E-state index in [1.807, 2.05) is 39.0 Å². The van der Waals surface area contributed by atoms with Crippen molar-refractivity contribution in [3.05, 3.63) is 59.2 Å². The summed E-state index contributed by atoms with van der Waals surface area (Å²) in [5.74, 6) is -1.49. The summed E-state index contributed by atoms with van der Waals surface area (Å²) in [6.45, 7) is 7.42. The Morgan fingerprint density at radius 3 is 2.55 bits per heavy atom. The third kappa shape index (κ3) is 7.58. The van der Waals surface area contributed by atoms with E-state index >= 15 is 0 Å². The Morgan fingerprint density at radius 1 is 1.10 bits per heavy atom. The van der Waals surface area contributed by atoms with Crippen LogP contribution in [-0.4, -0.2) is 36.6 Å². The fourth-order valence-corrected chi connectivity index (χ4v) is 2.60. The van der Waals surface area contributed by atoms with Gasteiger partial charge in [-0.3, -0.25) is 14.4 Å². The van der Waals surface area contributed by atoms with Gasteiger partial charge in [0.25, 0.3) is 5.91 Å². The summed E-state index contributed by atoms with van der Waals surface area (Å²) in [6.07, 6.45) is 2.07. The van der Waals surface area contributed by atoms with Crippen molar-refractivity contribution in [2.24, 2.45) is 5.10 Å². The van der Waals surface area contributed by atoms with Gasteiger partial charge in [-0.15, -0.1) is 0 Å². The van der Waals surface area contributed by atoms with Crippen LogP contribution in [0.15, 0.2) is 47.6 Å². The molecule has 0 fully saturated rings. The Bertz CT molecular complexity index is 972. The molecule has 0 saturated heterocycles. The van der Waals surface area contributed by atoms with Crippen LogP contribution < -0.4 is 20.8 Å². The van der Waals surface area contributed by atoms with Crippen molar-refractivity contribution in [2.75, 3.05) is 11.9 Å². The zero-order valence-corrected chi connectivity index (χ0v) is 18.2. The molecule has 2 aromatic rings. The number of hydrogen-bond donors (Lipinski definition) is 3. The highest BCUT2D eigenvalue weighted by atomic mass is 16.5. The van der Waals surface area contributed by atoms with Gasteiger partial charge in [-0.05, 0) is 51.0 Å². The highest BCUT2D eigenvalue weighted by Gasteiger charge is 2.14. The second-order valence-electron chi connectivity index (χ2n) is 7.17. The third-order valence-electron chi connectivity index (χ3n) is 4.50. The molecule has 2 aromatic carbocycles. The van der Waals surface area contributed by atoms with E-state index in [-0.39, 0.29) is 18.6 Å². The molecule has 3 N–H and O–H groups in total. The molecule has 8 nitrogen and oxygen atoms in total. The first-order valence-corrected chi connectivity index (χ1v) is 10.0. The van der Waals surface area contributed by atoms with Crippen molar-refractivity contribution in [2.45, 2.75) is 40.2 Å². The first-order valence-electron chi connectivity index (χ1n) is 10.0. The number of nitrogens with one attached hydrogen (secondary N) is 3. The van der Waals surface area contributed by atoms with Gasteiger partial charge in [0.15, 0.2) is 6.61 Å². The monoisotopic (exact) mass is 424 g/mol. The number of hydrogen-bond acceptors (Lipinski definition) is 5. The standard InChI is InChI=1S/C23H28N4O4/c1-5-17(4)25-22(29)23(30)27-24-13-18-8-6-7-9-20(18)31-14-21(28)26-19-11-10-15(2)12-16(19)3/h6-13,17H,5,14H2,1-4H3,(H,25,29)(H,26,28)(H,27,30)/b24-13-/t17-/m1/s1. The lowest BCUT2D eigenvalue weighted by Crippen LogP contribution is -2.41. The highest BCUT2D eigenvalue weighted by molar-refractivity contribution is 6.35. The first-order chi connectivity index (χ1) is 14.8. The Morgan fingerprint density at radius 2 is 1.84 bits per heavy atom. The Hall–Kier alpha value is -3.68. The second-order valence-corrected chi connectivity index (χ2v) is 7.17. The summed E-state index contributed by atoms with van der Waals surface area (Å²) in [6, 6.07) is 12.6. The summed E-state index contributed by atoms with van der Waals surface area (Å²) in [4.78, 5) is 35.8. The van der Waals surface area contributed by atoms with Crippen LogP contribution >= 0.6 is 0 Å².